The number of oxazole rings is 1. The smallest absolute Gasteiger partial charge is 0.243 e. The van der Waals surface area contributed by atoms with Crippen LogP contribution in [0.3, 0.4) is 0 Å². The van der Waals surface area contributed by atoms with E-state index in [0.29, 0.717) is 24.6 Å². The summed E-state index contributed by atoms with van der Waals surface area (Å²) < 4.78 is 46.6. The normalized spacial score (nSPS) is 17.9. The molecule has 3 aromatic rings. The molecule has 0 radical (unpaired) electrons. The van der Waals surface area contributed by atoms with Gasteiger partial charge in [0, 0.05) is 25.1 Å². The molecule has 1 aliphatic rings. The number of nitrogens with zero attached hydrogens (tertiary/aromatic N) is 2. The Labute approximate surface area is 163 Å². The van der Waals surface area contributed by atoms with Crippen LogP contribution in [0.4, 0.5) is 4.39 Å². The van der Waals surface area contributed by atoms with Crippen molar-refractivity contribution >= 4 is 10.0 Å². The van der Waals surface area contributed by atoms with Gasteiger partial charge in [0.05, 0.1) is 4.90 Å². The summed E-state index contributed by atoms with van der Waals surface area (Å²) in [5, 5.41) is 0. The lowest BCUT2D eigenvalue weighted by molar-refractivity contribution is 0.385. The van der Waals surface area contributed by atoms with Gasteiger partial charge >= 0.3 is 0 Å². The zero-order chi connectivity index (χ0) is 19.7. The Bertz CT molecular complexity index is 1080. The maximum Gasteiger partial charge on any atom is 0.243 e. The van der Waals surface area contributed by atoms with Crippen molar-refractivity contribution in [3.05, 3.63) is 72.1 Å². The molecule has 0 bridgehead atoms. The summed E-state index contributed by atoms with van der Waals surface area (Å²) >= 11 is 0. The van der Waals surface area contributed by atoms with E-state index in [2.05, 4.69) is 4.98 Å². The molecule has 0 spiro atoms. The maximum absolute atomic E-state index is 13.5. The Morgan fingerprint density at radius 2 is 2.00 bits per heavy atom. The number of aryl methyl sites for hydroxylation is 1. The van der Waals surface area contributed by atoms with Crippen molar-refractivity contribution in [1.82, 2.24) is 9.29 Å². The Hall–Kier alpha value is -2.51. The Morgan fingerprint density at radius 1 is 1.21 bits per heavy atom. The molecule has 0 aliphatic carbocycles. The second kappa shape index (κ2) is 7.48. The zero-order valence-corrected chi connectivity index (χ0v) is 16.3. The molecular weight excluding hydrogens is 379 g/mol. The van der Waals surface area contributed by atoms with Crippen LogP contribution in [0.15, 0.2) is 64.1 Å². The molecule has 1 unspecified atom stereocenters. The minimum absolute atomic E-state index is 0.162. The zero-order valence-electron chi connectivity index (χ0n) is 15.5. The van der Waals surface area contributed by atoms with Gasteiger partial charge in [-0.1, -0.05) is 24.3 Å². The fraction of sp³-hybridized carbons (Fsp3) is 0.286. The van der Waals surface area contributed by atoms with Crippen molar-refractivity contribution in [2.75, 3.05) is 6.54 Å². The Kier molecular flexibility index (Phi) is 5.03. The molecule has 4 rings (SSSR count). The van der Waals surface area contributed by atoms with E-state index >= 15 is 0 Å². The Morgan fingerprint density at radius 3 is 2.68 bits per heavy atom. The average Bonchev–Trinajstić information content (AvgIpc) is 3.31. The van der Waals surface area contributed by atoms with E-state index in [0.717, 1.165) is 24.0 Å². The molecule has 1 fully saturated rings. The van der Waals surface area contributed by atoms with Crippen LogP contribution in [0.2, 0.25) is 0 Å². The van der Waals surface area contributed by atoms with Crippen molar-refractivity contribution in [2.45, 2.75) is 37.1 Å². The van der Waals surface area contributed by atoms with Crippen LogP contribution in [-0.4, -0.2) is 30.3 Å². The van der Waals surface area contributed by atoms with Crippen LogP contribution in [0.25, 0.3) is 11.3 Å². The molecule has 1 saturated heterocycles. The first kappa shape index (κ1) is 18.8. The minimum Gasteiger partial charge on any atom is -0.449 e. The molecule has 0 saturated carbocycles. The molecule has 1 aromatic heterocycles. The van der Waals surface area contributed by atoms with Crippen molar-refractivity contribution in [2.24, 2.45) is 0 Å². The van der Waals surface area contributed by atoms with E-state index < -0.39 is 10.0 Å². The second-order valence-corrected chi connectivity index (χ2v) is 8.91. The van der Waals surface area contributed by atoms with Crippen LogP contribution in [0.1, 0.15) is 24.3 Å². The highest BCUT2D eigenvalue weighted by atomic mass is 32.2. The lowest BCUT2D eigenvalue weighted by Crippen LogP contribution is -2.36. The molecule has 0 amide bonds. The number of rotatable bonds is 5. The van der Waals surface area contributed by atoms with Gasteiger partial charge < -0.3 is 4.42 Å². The summed E-state index contributed by atoms with van der Waals surface area (Å²) in [4.78, 5) is 4.51. The number of sulfonamides is 1. The van der Waals surface area contributed by atoms with Crippen molar-refractivity contribution < 1.29 is 17.2 Å². The van der Waals surface area contributed by atoms with Crippen molar-refractivity contribution in [3.63, 3.8) is 0 Å². The molecule has 2 heterocycles. The third-order valence-electron chi connectivity index (χ3n) is 5.06. The van der Waals surface area contributed by atoms with Crippen LogP contribution in [0.5, 0.6) is 0 Å². The van der Waals surface area contributed by atoms with Gasteiger partial charge in [-0.25, -0.2) is 17.8 Å². The number of benzene rings is 2. The molecule has 2 aromatic carbocycles. The SMILES string of the molecule is Cc1nc(-c2ccc(S(=O)(=O)N3CCCC3Cc3cccc(F)c3)cc2)co1. The summed E-state index contributed by atoms with van der Waals surface area (Å²) in [6.07, 6.45) is 3.63. The van der Waals surface area contributed by atoms with Gasteiger partial charge in [0.1, 0.15) is 17.8 Å². The lowest BCUT2D eigenvalue weighted by Gasteiger charge is -2.24. The number of hydrogen-bond acceptors (Lipinski definition) is 4. The van der Waals surface area contributed by atoms with Gasteiger partial charge in [-0.05, 0) is 49.1 Å². The molecule has 0 N–H and O–H groups in total. The third kappa shape index (κ3) is 3.72. The van der Waals surface area contributed by atoms with E-state index in [9.17, 15) is 12.8 Å². The highest BCUT2D eigenvalue weighted by Gasteiger charge is 2.35. The van der Waals surface area contributed by atoms with E-state index in [4.69, 9.17) is 4.42 Å². The van der Waals surface area contributed by atoms with Gasteiger partial charge in [0.2, 0.25) is 10.0 Å². The Balaban J connectivity index is 1.56. The van der Waals surface area contributed by atoms with E-state index in [1.54, 1.807) is 47.8 Å². The fourth-order valence-corrected chi connectivity index (χ4v) is 5.39. The quantitative estimate of drug-likeness (QED) is 0.644. The van der Waals surface area contributed by atoms with Crippen LogP contribution < -0.4 is 0 Å². The van der Waals surface area contributed by atoms with Gasteiger partial charge in [-0.15, -0.1) is 0 Å². The lowest BCUT2D eigenvalue weighted by atomic mass is 10.0. The third-order valence-corrected chi connectivity index (χ3v) is 7.03. The number of aromatic nitrogens is 1. The second-order valence-electron chi connectivity index (χ2n) is 7.02. The molecule has 5 nitrogen and oxygen atoms in total. The van der Waals surface area contributed by atoms with Gasteiger partial charge in [-0.2, -0.15) is 4.31 Å². The van der Waals surface area contributed by atoms with E-state index in [1.165, 1.54) is 12.1 Å². The van der Waals surface area contributed by atoms with E-state index in [1.807, 2.05) is 6.07 Å². The summed E-state index contributed by atoms with van der Waals surface area (Å²) in [6, 6.07) is 12.9. The fourth-order valence-electron chi connectivity index (χ4n) is 3.69. The van der Waals surface area contributed by atoms with Crippen molar-refractivity contribution in [1.29, 1.82) is 0 Å². The standard InChI is InChI=1S/C21H21FN2O3S/c1-15-23-21(14-27-15)17-7-9-20(10-8-17)28(25,26)24-11-3-6-19(24)13-16-4-2-5-18(22)12-16/h2,4-5,7-10,12,14,19H,3,6,11,13H2,1H3. The molecule has 146 valence electrons. The average molecular weight is 400 g/mol. The predicted molar refractivity (Wildman–Crippen MR) is 104 cm³/mol. The van der Waals surface area contributed by atoms with E-state index in [-0.39, 0.29) is 16.8 Å². The monoisotopic (exact) mass is 400 g/mol. The summed E-state index contributed by atoms with van der Waals surface area (Å²) in [5.74, 6) is 0.257. The van der Waals surface area contributed by atoms with Gasteiger partial charge in [0.15, 0.2) is 5.89 Å². The van der Waals surface area contributed by atoms with Gasteiger partial charge in [0.25, 0.3) is 0 Å². The molecule has 1 atom stereocenters. The largest absolute Gasteiger partial charge is 0.449 e. The van der Waals surface area contributed by atoms with Crippen LogP contribution >= 0.6 is 0 Å². The predicted octanol–water partition coefficient (Wildman–Crippen LogP) is 4.18. The minimum atomic E-state index is -3.62. The first-order valence-corrected chi connectivity index (χ1v) is 10.7. The summed E-state index contributed by atoms with van der Waals surface area (Å²) in [6.45, 7) is 2.24. The van der Waals surface area contributed by atoms with Crippen molar-refractivity contribution in [3.8, 4) is 11.3 Å². The molecule has 28 heavy (non-hydrogen) atoms. The van der Waals surface area contributed by atoms with Crippen LogP contribution in [-0.2, 0) is 16.4 Å². The summed E-state index contributed by atoms with van der Waals surface area (Å²) in [5.41, 5.74) is 2.28. The molecule has 1 aliphatic heterocycles. The highest BCUT2D eigenvalue weighted by molar-refractivity contribution is 7.89. The van der Waals surface area contributed by atoms with Gasteiger partial charge in [-0.3, -0.25) is 0 Å². The number of halogens is 1. The number of hydrogen-bond donors (Lipinski definition) is 0. The molecular formula is C21H21FN2O3S. The highest BCUT2D eigenvalue weighted by Crippen LogP contribution is 2.29. The first-order chi connectivity index (χ1) is 13.4. The summed E-state index contributed by atoms with van der Waals surface area (Å²) in [7, 11) is -3.62. The topological polar surface area (TPSA) is 63.4 Å². The molecule has 7 heteroatoms. The maximum atomic E-state index is 13.5. The van der Waals surface area contributed by atoms with Crippen LogP contribution in [0, 0.1) is 12.7 Å². The first-order valence-electron chi connectivity index (χ1n) is 9.22.